The summed E-state index contributed by atoms with van der Waals surface area (Å²) in [6.07, 6.45) is 5.21. The number of aryl methyl sites for hydroxylation is 1. The van der Waals surface area contributed by atoms with Crippen molar-refractivity contribution in [1.29, 1.82) is 0 Å². The Bertz CT molecular complexity index is 303. The summed E-state index contributed by atoms with van der Waals surface area (Å²) in [5.41, 5.74) is 1.31. The predicted octanol–water partition coefficient (Wildman–Crippen LogP) is 1.67. The Hall–Kier alpha value is -0.540. The van der Waals surface area contributed by atoms with Gasteiger partial charge in [-0.05, 0) is 32.0 Å². The van der Waals surface area contributed by atoms with Crippen LogP contribution in [-0.4, -0.2) is 39.7 Å². The molecule has 0 spiro atoms. The molecule has 2 heterocycles. The Morgan fingerprint density at radius 1 is 1.47 bits per heavy atom. The lowest BCUT2D eigenvalue weighted by molar-refractivity contribution is 0.232. The van der Waals surface area contributed by atoms with Crippen LogP contribution in [0.2, 0.25) is 0 Å². The number of halogens is 1. The van der Waals surface area contributed by atoms with Crippen molar-refractivity contribution < 1.29 is 0 Å². The van der Waals surface area contributed by atoms with Gasteiger partial charge < -0.3 is 4.90 Å². The van der Waals surface area contributed by atoms with Gasteiger partial charge in [-0.15, -0.1) is 11.6 Å². The number of nitrogens with zero attached hydrogens (tertiary/aromatic N) is 3. The van der Waals surface area contributed by atoms with Gasteiger partial charge in [0.05, 0.1) is 0 Å². The Labute approximate surface area is 96.0 Å². The molecular formula is C11H18ClN3. The first-order chi connectivity index (χ1) is 7.25. The van der Waals surface area contributed by atoms with Crippen molar-refractivity contribution in [2.75, 3.05) is 19.6 Å². The lowest BCUT2D eigenvalue weighted by Gasteiger charge is -2.28. The molecule has 1 fully saturated rings. The summed E-state index contributed by atoms with van der Waals surface area (Å²) in [7, 11) is 2.00. The van der Waals surface area contributed by atoms with Crippen LogP contribution in [0.5, 0.6) is 0 Å². The molecule has 1 aliphatic heterocycles. The largest absolute Gasteiger partial charge is 0.303 e. The molecule has 0 unspecified atom stereocenters. The highest BCUT2D eigenvalue weighted by Gasteiger charge is 2.16. The van der Waals surface area contributed by atoms with E-state index in [9.17, 15) is 0 Å². The van der Waals surface area contributed by atoms with Gasteiger partial charge in [-0.3, -0.25) is 4.68 Å². The van der Waals surface area contributed by atoms with Crippen LogP contribution < -0.4 is 0 Å². The normalized spacial score (nSPS) is 19.6. The highest BCUT2D eigenvalue weighted by atomic mass is 35.5. The van der Waals surface area contributed by atoms with E-state index in [1.54, 1.807) is 0 Å². The van der Waals surface area contributed by atoms with E-state index >= 15 is 0 Å². The summed E-state index contributed by atoms with van der Waals surface area (Å²) in [4.78, 5) is 2.49. The van der Waals surface area contributed by atoms with Crippen LogP contribution >= 0.6 is 11.6 Å². The van der Waals surface area contributed by atoms with E-state index in [2.05, 4.69) is 16.1 Å². The van der Waals surface area contributed by atoms with Crippen molar-refractivity contribution in [2.45, 2.75) is 24.6 Å². The van der Waals surface area contributed by atoms with Gasteiger partial charge in [0.15, 0.2) is 0 Å². The molecule has 0 aliphatic carbocycles. The lowest BCUT2D eigenvalue weighted by Crippen LogP contribution is -2.35. The highest BCUT2D eigenvalue weighted by molar-refractivity contribution is 6.20. The van der Waals surface area contributed by atoms with E-state index < -0.39 is 0 Å². The van der Waals surface area contributed by atoms with E-state index in [-0.39, 0.29) is 0 Å². The van der Waals surface area contributed by atoms with Crippen LogP contribution in [0.1, 0.15) is 18.5 Å². The van der Waals surface area contributed by atoms with Gasteiger partial charge in [0.25, 0.3) is 0 Å². The Balaban J connectivity index is 1.77. The van der Waals surface area contributed by atoms with Gasteiger partial charge in [-0.25, -0.2) is 0 Å². The summed E-state index contributed by atoms with van der Waals surface area (Å²) in [5.74, 6) is 0. The van der Waals surface area contributed by atoms with Crippen molar-refractivity contribution in [3.63, 3.8) is 0 Å². The summed E-state index contributed by atoms with van der Waals surface area (Å²) < 4.78 is 1.95. The summed E-state index contributed by atoms with van der Waals surface area (Å²) in [6.45, 7) is 3.42. The summed E-state index contributed by atoms with van der Waals surface area (Å²) in [5, 5.41) is 4.57. The molecule has 1 aliphatic rings. The second-order valence-corrected chi connectivity index (χ2v) is 4.83. The molecule has 4 heteroatoms. The third-order valence-electron chi connectivity index (χ3n) is 3.12. The van der Waals surface area contributed by atoms with E-state index in [0.717, 1.165) is 38.9 Å². The van der Waals surface area contributed by atoms with Crippen molar-refractivity contribution in [2.24, 2.45) is 7.05 Å². The molecule has 3 nitrogen and oxygen atoms in total. The first-order valence-electron chi connectivity index (χ1n) is 5.59. The fraction of sp³-hybridized carbons (Fsp3) is 0.727. The minimum Gasteiger partial charge on any atom is -0.303 e. The molecule has 0 N–H and O–H groups in total. The fourth-order valence-corrected chi connectivity index (χ4v) is 2.24. The zero-order valence-electron chi connectivity index (χ0n) is 9.19. The van der Waals surface area contributed by atoms with Crippen LogP contribution in [0.25, 0.3) is 0 Å². The number of rotatable bonds is 3. The molecule has 0 amide bonds. The molecule has 1 aromatic heterocycles. The van der Waals surface area contributed by atoms with Gasteiger partial charge in [-0.2, -0.15) is 5.10 Å². The van der Waals surface area contributed by atoms with Crippen LogP contribution in [0, 0.1) is 0 Å². The molecule has 0 atom stereocenters. The molecule has 84 valence electrons. The Morgan fingerprint density at radius 3 is 2.80 bits per heavy atom. The standard InChI is InChI=1S/C11H18ClN3/c1-14-11(2-6-13-14)5-9-15-7-3-10(12)4-8-15/h2,6,10H,3-5,7-9H2,1H3. The van der Waals surface area contributed by atoms with Crippen LogP contribution in [-0.2, 0) is 13.5 Å². The highest BCUT2D eigenvalue weighted by Crippen LogP contribution is 2.15. The van der Waals surface area contributed by atoms with Crippen LogP contribution in [0.3, 0.4) is 0 Å². The first kappa shape index (κ1) is 11.0. The second kappa shape index (κ2) is 4.99. The van der Waals surface area contributed by atoms with E-state index in [1.807, 2.05) is 17.9 Å². The molecule has 0 aromatic carbocycles. The van der Waals surface area contributed by atoms with Gasteiger partial charge in [0.2, 0.25) is 0 Å². The van der Waals surface area contributed by atoms with Crippen molar-refractivity contribution in [1.82, 2.24) is 14.7 Å². The van der Waals surface area contributed by atoms with Crippen LogP contribution in [0.15, 0.2) is 12.3 Å². The topological polar surface area (TPSA) is 21.1 Å². The molecule has 1 saturated heterocycles. The second-order valence-electron chi connectivity index (χ2n) is 4.21. The van der Waals surface area contributed by atoms with E-state index in [1.165, 1.54) is 5.69 Å². The maximum absolute atomic E-state index is 6.07. The van der Waals surface area contributed by atoms with Crippen LogP contribution in [0.4, 0.5) is 0 Å². The predicted molar refractivity (Wildman–Crippen MR) is 62.2 cm³/mol. The fourth-order valence-electron chi connectivity index (χ4n) is 2.04. The SMILES string of the molecule is Cn1nccc1CCN1CCC(Cl)CC1. The van der Waals surface area contributed by atoms with Gasteiger partial charge >= 0.3 is 0 Å². The molecule has 15 heavy (non-hydrogen) atoms. The average Bonchev–Trinajstić information content (AvgIpc) is 2.63. The monoisotopic (exact) mass is 227 g/mol. The zero-order valence-corrected chi connectivity index (χ0v) is 9.95. The molecule has 1 aromatic rings. The number of likely N-dealkylation sites (tertiary alicyclic amines) is 1. The molecular weight excluding hydrogens is 210 g/mol. The smallest absolute Gasteiger partial charge is 0.0492 e. The molecule has 2 rings (SSSR count). The quantitative estimate of drug-likeness (QED) is 0.733. The summed E-state index contributed by atoms with van der Waals surface area (Å²) >= 11 is 6.07. The minimum atomic E-state index is 0.401. The average molecular weight is 228 g/mol. The van der Waals surface area contributed by atoms with E-state index in [4.69, 9.17) is 11.6 Å². The maximum atomic E-state index is 6.07. The third kappa shape index (κ3) is 2.95. The number of alkyl halides is 1. The summed E-state index contributed by atoms with van der Waals surface area (Å²) in [6, 6.07) is 2.09. The van der Waals surface area contributed by atoms with Gasteiger partial charge in [-0.1, -0.05) is 0 Å². The zero-order chi connectivity index (χ0) is 10.7. The molecule has 0 radical (unpaired) electrons. The number of aromatic nitrogens is 2. The lowest BCUT2D eigenvalue weighted by atomic mass is 10.1. The van der Waals surface area contributed by atoms with Gasteiger partial charge in [0, 0.05) is 37.3 Å². The molecule has 0 bridgehead atoms. The maximum Gasteiger partial charge on any atom is 0.0492 e. The number of hydrogen-bond donors (Lipinski definition) is 0. The molecule has 0 saturated carbocycles. The third-order valence-corrected chi connectivity index (χ3v) is 3.56. The van der Waals surface area contributed by atoms with Crippen molar-refractivity contribution >= 4 is 11.6 Å². The number of hydrogen-bond acceptors (Lipinski definition) is 2. The number of piperidine rings is 1. The Kier molecular flexibility index (Phi) is 3.65. The first-order valence-corrected chi connectivity index (χ1v) is 6.02. The minimum absolute atomic E-state index is 0.401. The van der Waals surface area contributed by atoms with Crippen molar-refractivity contribution in [3.05, 3.63) is 18.0 Å². The Morgan fingerprint density at radius 2 is 2.20 bits per heavy atom. The van der Waals surface area contributed by atoms with E-state index in [0.29, 0.717) is 5.38 Å². The van der Waals surface area contributed by atoms with Crippen molar-refractivity contribution in [3.8, 4) is 0 Å². The van der Waals surface area contributed by atoms with Gasteiger partial charge in [0.1, 0.15) is 0 Å².